The first-order chi connectivity index (χ1) is 8.50. The molecular weight excluding hydrogens is 228 g/mol. The van der Waals surface area contributed by atoms with Crippen molar-refractivity contribution in [2.24, 2.45) is 5.92 Å². The molecule has 0 N–H and O–H groups in total. The Hall–Kier alpha value is -1.48. The quantitative estimate of drug-likeness (QED) is 0.594. The molecule has 1 aromatic carbocycles. The number of carbonyl (C=O) groups is 2. The molecule has 3 heteroatoms. The van der Waals surface area contributed by atoms with E-state index in [-0.39, 0.29) is 18.2 Å². The molecule has 0 aromatic heterocycles. The van der Waals surface area contributed by atoms with E-state index in [1.165, 1.54) is 0 Å². The molecule has 1 saturated heterocycles. The highest BCUT2D eigenvalue weighted by Gasteiger charge is 2.31. The molecule has 0 amide bonds. The van der Waals surface area contributed by atoms with Crippen LogP contribution in [-0.2, 0) is 9.53 Å². The summed E-state index contributed by atoms with van der Waals surface area (Å²) in [6.07, 6.45) is 0.348. The third-order valence-electron chi connectivity index (χ3n) is 3.41. The lowest BCUT2D eigenvalue weighted by molar-refractivity contribution is -0.128. The molecule has 0 saturated carbocycles. The zero-order chi connectivity index (χ0) is 13.3. The molecule has 3 nitrogen and oxygen atoms in total. The van der Waals surface area contributed by atoms with Crippen molar-refractivity contribution in [3.05, 3.63) is 34.4 Å². The van der Waals surface area contributed by atoms with E-state index in [1.54, 1.807) is 0 Å². The van der Waals surface area contributed by atoms with Crippen molar-refractivity contribution in [2.75, 3.05) is 13.2 Å². The van der Waals surface area contributed by atoms with Gasteiger partial charge in [-0.25, -0.2) is 0 Å². The van der Waals surface area contributed by atoms with Gasteiger partial charge in [-0.05, 0) is 31.9 Å². The molecule has 1 aromatic rings. The fraction of sp³-hybridized carbons (Fsp3) is 0.467. The van der Waals surface area contributed by atoms with E-state index in [1.807, 2.05) is 32.9 Å². The average Bonchev–Trinajstić information content (AvgIpc) is 2.27. The van der Waals surface area contributed by atoms with Crippen LogP contribution in [0.5, 0.6) is 0 Å². The number of rotatable bonds is 2. The third-order valence-corrected chi connectivity index (χ3v) is 3.41. The summed E-state index contributed by atoms with van der Waals surface area (Å²) in [5, 5.41) is 0. The Labute approximate surface area is 107 Å². The highest BCUT2D eigenvalue weighted by Crippen LogP contribution is 2.23. The molecule has 18 heavy (non-hydrogen) atoms. The van der Waals surface area contributed by atoms with Crippen molar-refractivity contribution in [1.82, 2.24) is 0 Å². The van der Waals surface area contributed by atoms with Crippen molar-refractivity contribution < 1.29 is 14.3 Å². The first-order valence-corrected chi connectivity index (χ1v) is 6.23. The van der Waals surface area contributed by atoms with E-state index in [9.17, 15) is 9.59 Å². The standard InChI is InChI=1S/C15H18O3/c1-9-6-10(2)14(11(3)7-9)15(17)12-8-18-5-4-13(12)16/h6-7,12H,4-5,8H2,1-3H3. The molecule has 1 aliphatic rings. The minimum Gasteiger partial charge on any atom is -0.380 e. The van der Waals surface area contributed by atoms with Gasteiger partial charge in [0.25, 0.3) is 0 Å². The summed E-state index contributed by atoms with van der Waals surface area (Å²) in [4.78, 5) is 24.3. The summed E-state index contributed by atoms with van der Waals surface area (Å²) in [7, 11) is 0. The molecule has 1 fully saturated rings. The van der Waals surface area contributed by atoms with Crippen LogP contribution in [0.3, 0.4) is 0 Å². The monoisotopic (exact) mass is 246 g/mol. The Morgan fingerprint density at radius 2 is 1.83 bits per heavy atom. The molecule has 0 spiro atoms. The second-order valence-corrected chi connectivity index (χ2v) is 4.98. The van der Waals surface area contributed by atoms with Crippen LogP contribution in [0, 0.1) is 26.7 Å². The van der Waals surface area contributed by atoms with Crippen molar-refractivity contribution in [1.29, 1.82) is 0 Å². The van der Waals surface area contributed by atoms with Gasteiger partial charge >= 0.3 is 0 Å². The summed E-state index contributed by atoms with van der Waals surface area (Å²) in [6, 6.07) is 3.96. The van der Waals surface area contributed by atoms with Gasteiger partial charge in [0.05, 0.1) is 13.2 Å². The lowest BCUT2D eigenvalue weighted by Gasteiger charge is -2.21. The molecular formula is C15H18O3. The SMILES string of the molecule is Cc1cc(C)c(C(=O)C2COCCC2=O)c(C)c1. The van der Waals surface area contributed by atoms with Crippen molar-refractivity contribution in [2.45, 2.75) is 27.2 Å². The lowest BCUT2D eigenvalue weighted by atomic mass is 9.87. The number of ketones is 2. The summed E-state index contributed by atoms with van der Waals surface area (Å²) >= 11 is 0. The van der Waals surface area contributed by atoms with Gasteiger partial charge in [-0.15, -0.1) is 0 Å². The second-order valence-electron chi connectivity index (χ2n) is 4.98. The Balaban J connectivity index is 2.36. The molecule has 0 radical (unpaired) electrons. The molecule has 1 heterocycles. The van der Waals surface area contributed by atoms with E-state index in [0.29, 0.717) is 18.6 Å². The summed E-state index contributed by atoms with van der Waals surface area (Å²) in [5.41, 5.74) is 3.70. The van der Waals surface area contributed by atoms with Gasteiger partial charge in [0.1, 0.15) is 11.7 Å². The van der Waals surface area contributed by atoms with Crippen LogP contribution in [0.1, 0.15) is 33.5 Å². The van der Waals surface area contributed by atoms with E-state index < -0.39 is 5.92 Å². The highest BCUT2D eigenvalue weighted by molar-refractivity contribution is 6.12. The van der Waals surface area contributed by atoms with E-state index in [4.69, 9.17) is 4.74 Å². The first kappa shape index (κ1) is 13.0. The van der Waals surface area contributed by atoms with Gasteiger partial charge in [-0.1, -0.05) is 17.7 Å². The first-order valence-electron chi connectivity index (χ1n) is 6.23. The van der Waals surface area contributed by atoms with Gasteiger partial charge in [-0.3, -0.25) is 9.59 Å². The van der Waals surface area contributed by atoms with E-state index in [0.717, 1.165) is 16.7 Å². The van der Waals surface area contributed by atoms with Gasteiger partial charge in [0, 0.05) is 12.0 Å². The number of hydrogen-bond acceptors (Lipinski definition) is 3. The van der Waals surface area contributed by atoms with E-state index in [2.05, 4.69) is 0 Å². The number of ether oxygens (including phenoxy) is 1. The van der Waals surface area contributed by atoms with Crippen molar-refractivity contribution in [3.63, 3.8) is 0 Å². The minimum atomic E-state index is -0.612. The van der Waals surface area contributed by atoms with E-state index >= 15 is 0 Å². The molecule has 0 bridgehead atoms. The van der Waals surface area contributed by atoms with Crippen LogP contribution in [-0.4, -0.2) is 24.8 Å². The molecule has 0 aliphatic carbocycles. The number of aryl methyl sites for hydroxylation is 3. The fourth-order valence-electron chi connectivity index (χ4n) is 2.61. The van der Waals surface area contributed by atoms with Crippen LogP contribution >= 0.6 is 0 Å². The van der Waals surface area contributed by atoms with Gasteiger partial charge in [0.2, 0.25) is 0 Å². The lowest BCUT2D eigenvalue weighted by Crippen LogP contribution is -2.34. The van der Waals surface area contributed by atoms with Gasteiger partial charge in [0.15, 0.2) is 5.78 Å². The third kappa shape index (κ3) is 2.36. The number of hydrogen-bond donors (Lipinski definition) is 0. The van der Waals surface area contributed by atoms with Crippen LogP contribution in [0.2, 0.25) is 0 Å². The smallest absolute Gasteiger partial charge is 0.176 e. The summed E-state index contributed by atoms with van der Waals surface area (Å²) in [5.74, 6) is -0.695. The molecule has 1 atom stereocenters. The zero-order valence-corrected chi connectivity index (χ0v) is 11.1. The number of benzene rings is 1. The fourth-order valence-corrected chi connectivity index (χ4v) is 2.61. The van der Waals surface area contributed by atoms with Crippen LogP contribution in [0.4, 0.5) is 0 Å². The molecule has 96 valence electrons. The van der Waals surface area contributed by atoms with Crippen LogP contribution in [0.25, 0.3) is 0 Å². The largest absolute Gasteiger partial charge is 0.380 e. The summed E-state index contributed by atoms with van der Waals surface area (Å²) < 4.78 is 5.26. The van der Waals surface area contributed by atoms with Crippen molar-refractivity contribution >= 4 is 11.6 Å². The normalized spacial score (nSPS) is 19.9. The topological polar surface area (TPSA) is 43.4 Å². The molecule has 1 unspecified atom stereocenters. The predicted octanol–water partition coefficient (Wildman–Crippen LogP) is 2.40. The van der Waals surface area contributed by atoms with Crippen molar-refractivity contribution in [3.8, 4) is 0 Å². The number of carbonyl (C=O) groups excluding carboxylic acids is 2. The Morgan fingerprint density at radius 1 is 1.22 bits per heavy atom. The zero-order valence-electron chi connectivity index (χ0n) is 11.1. The Kier molecular flexibility index (Phi) is 3.62. The minimum absolute atomic E-state index is 0.00521. The van der Waals surface area contributed by atoms with Gasteiger partial charge in [-0.2, -0.15) is 0 Å². The summed E-state index contributed by atoms with van der Waals surface area (Å²) in [6.45, 7) is 6.50. The predicted molar refractivity (Wildman–Crippen MR) is 68.9 cm³/mol. The Bertz CT molecular complexity index is 479. The van der Waals surface area contributed by atoms with Crippen LogP contribution in [0.15, 0.2) is 12.1 Å². The maximum atomic E-state index is 12.5. The number of Topliss-reactive ketones (excluding diaryl/α,β-unsaturated/α-hetero) is 2. The molecule has 1 aliphatic heterocycles. The highest BCUT2D eigenvalue weighted by atomic mass is 16.5. The maximum absolute atomic E-state index is 12.5. The van der Waals surface area contributed by atoms with Crippen LogP contribution < -0.4 is 0 Å². The Morgan fingerprint density at radius 3 is 2.39 bits per heavy atom. The second kappa shape index (κ2) is 5.02. The molecule has 2 rings (SSSR count). The van der Waals surface area contributed by atoms with Gasteiger partial charge < -0.3 is 4.74 Å². The maximum Gasteiger partial charge on any atom is 0.176 e. The average molecular weight is 246 g/mol.